The van der Waals surface area contributed by atoms with E-state index in [2.05, 4.69) is 0 Å². The molecule has 1 saturated carbocycles. The lowest BCUT2D eigenvalue weighted by atomic mass is 10.1. The first kappa shape index (κ1) is 14.3. The van der Waals surface area contributed by atoms with E-state index >= 15 is 0 Å². The molecule has 0 saturated heterocycles. The van der Waals surface area contributed by atoms with E-state index in [-0.39, 0.29) is 4.90 Å². The van der Waals surface area contributed by atoms with Gasteiger partial charge in [0.1, 0.15) is 0 Å². The molecule has 0 spiro atoms. The van der Waals surface area contributed by atoms with Crippen molar-refractivity contribution in [3.8, 4) is 0 Å². The van der Waals surface area contributed by atoms with Gasteiger partial charge in [-0.2, -0.15) is 0 Å². The van der Waals surface area contributed by atoms with Crippen LogP contribution in [0.2, 0.25) is 0 Å². The highest BCUT2D eigenvalue weighted by Crippen LogP contribution is 2.43. The second kappa shape index (κ2) is 5.28. The van der Waals surface area contributed by atoms with Crippen LogP contribution in [-0.2, 0) is 9.84 Å². The van der Waals surface area contributed by atoms with Gasteiger partial charge in [0.25, 0.3) is 0 Å². The maximum Gasteiger partial charge on any atom is 0.206 e. The summed E-state index contributed by atoms with van der Waals surface area (Å²) in [4.78, 5) is 0.692. The molecule has 0 heterocycles. The van der Waals surface area contributed by atoms with Gasteiger partial charge in [0.2, 0.25) is 9.84 Å². The van der Waals surface area contributed by atoms with Crippen LogP contribution >= 0.6 is 0 Å². The molecule has 0 radical (unpaired) electrons. The molecule has 1 unspecified atom stereocenters. The van der Waals surface area contributed by atoms with Gasteiger partial charge in [-0.25, -0.2) is 8.42 Å². The molecule has 4 heteroatoms. The average Bonchev–Trinajstić information content (AvgIpc) is 3.32. The summed E-state index contributed by atoms with van der Waals surface area (Å²) in [7, 11) is -3.50. The Labute approximate surface area is 125 Å². The first-order valence-electron chi connectivity index (χ1n) is 7.12. The Morgan fingerprint density at radius 1 is 1.05 bits per heavy atom. The molecule has 3 rings (SSSR count). The molecule has 2 aromatic carbocycles. The van der Waals surface area contributed by atoms with Crippen molar-refractivity contribution >= 4 is 9.84 Å². The van der Waals surface area contributed by atoms with Crippen molar-refractivity contribution < 1.29 is 13.5 Å². The third-order valence-corrected chi connectivity index (χ3v) is 5.74. The standard InChI is InChI=1S/C17H18O3S/c1-12(18)13-8-10-15(11-9-13)21(19,20)17-5-3-2-4-16(17)14-6-7-14/h2-5,8-12,14,18H,6-7H2,1H3. The van der Waals surface area contributed by atoms with Gasteiger partial charge >= 0.3 is 0 Å². The van der Waals surface area contributed by atoms with Crippen molar-refractivity contribution in [2.75, 3.05) is 0 Å². The van der Waals surface area contributed by atoms with E-state index in [1.54, 1.807) is 43.3 Å². The van der Waals surface area contributed by atoms with Crippen LogP contribution in [0.25, 0.3) is 0 Å². The van der Waals surface area contributed by atoms with Crippen molar-refractivity contribution in [2.24, 2.45) is 0 Å². The lowest BCUT2D eigenvalue weighted by Gasteiger charge is -2.11. The zero-order valence-electron chi connectivity index (χ0n) is 11.9. The van der Waals surface area contributed by atoms with Gasteiger partial charge in [-0.15, -0.1) is 0 Å². The molecule has 1 N–H and O–H groups in total. The van der Waals surface area contributed by atoms with E-state index in [0.29, 0.717) is 16.4 Å². The van der Waals surface area contributed by atoms with Crippen LogP contribution < -0.4 is 0 Å². The van der Waals surface area contributed by atoms with E-state index in [1.165, 1.54) is 0 Å². The largest absolute Gasteiger partial charge is 0.389 e. The summed E-state index contributed by atoms with van der Waals surface area (Å²) in [6.45, 7) is 1.66. The molecule has 0 amide bonds. The van der Waals surface area contributed by atoms with Crippen molar-refractivity contribution in [1.29, 1.82) is 0 Å². The molecule has 0 aliphatic heterocycles. The molecule has 1 aliphatic rings. The minimum atomic E-state index is -3.50. The molecule has 110 valence electrons. The summed E-state index contributed by atoms with van der Waals surface area (Å²) in [6, 6.07) is 13.7. The number of benzene rings is 2. The van der Waals surface area contributed by atoms with Crippen LogP contribution in [0.4, 0.5) is 0 Å². The van der Waals surface area contributed by atoms with Crippen LogP contribution in [0.1, 0.15) is 42.9 Å². The minimum absolute atomic E-state index is 0.278. The molecule has 2 aromatic rings. The van der Waals surface area contributed by atoms with E-state index < -0.39 is 15.9 Å². The van der Waals surface area contributed by atoms with Gasteiger partial charge in [0.15, 0.2) is 0 Å². The molecule has 0 bridgehead atoms. The van der Waals surface area contributed by atoms with Crippen molar-refractivity contribution in [1.82, 2.24) is 0 Å². The Hall–Kier alpha value is -1.65. The van der Waals surface area contributed by atoms with Gasteiger partial charge in [0.05, 0.1) is 15.9 Å². The summed E-state index contributed by atoms with van der Waals surface area (Å²) < 4.78 is 25.6. The number of hydrogen-bond acceptors (Lipinski definition) is 3. The highest BCUT2D eigenvalue weighted by atomic mass is 32.2. The van der Waals surface area contributed by atoms with E-state index in [0.717, 1.165) is 18.4 Å². The highest BCUT2D eigenvalue weighted by Gasteiger charge is 2.30. The predicted molar refractivity (Wildman–Crippen MR) is 80.9 cm³/mol. The smallest absolute Gasteiger partial charge is 0.206 e. The monoisotopic (exact) mass is 302 g/mol. The lowest BCUT2D eigenvalue weighted by Crippen LogP contribution is -2.05. The van der Waals surface area contributed by atoms with E-state index in [4.69, 9.17) is 0 Å². The molecule has 1 fully saturated rings. The Morgan fingerprint density at radius 3 is 2.24 bits per heavy atom. The molecular formula is C17H18O3S. The Bertz CT molecular complexity index is 742. The minimum Gasteiger partial charge on any atom is -0.389 e. The summed E-state index contributed by atoms with van der Waals surface area (Å²) in [5, 5.41) is 9.51. The zero-order valence-corrected chi connectivity index (χ0v) is 12.7. The maximum atomic E-state index is 12.8. The zero-order chi connectivity index (χ0) is 15.0. The van der Waals surface area contributed by atoms with E-state index in [9.17, 15) is 13.5 Å². The normalized spacial score (nSPS) is 16.7. The average molecular weight is 302 g/mol. The third kappa shape index (κ3) is 2.74. The number of aliphatic hydroxyl groups excluding tert-OH is 1. The van der Waals surface area contributed by atoms with Gasteiger partial charge in [-0.05, 0) is 55.0 Å². The van der Waals surface area contributed by atoms with Crippen molar-refractivity contribution in [3.05, 3.63) is 59.7 Å². The van der Waals surface area contributed by atoms with Gasteiger partial charge in [0, 0.05) is 0 Å². The van der Waals surface area contributed by atoms with Crippen LogP contribution in [0.3, 0.4) is 0 Å². The quantitative estimate of drug-likeness (QED) is 0.941. The highest BCUT2D eigenvalue weighted by molar-refractivity contribution is 7.91. The van der Waals surface area contributed by atoms with Crippen molar-refractivity contribution in [2.45, 2.75) is 41.6 Å². The first-order valence-corrected chi connectivity index (χ1v) is 8.60. The fourth-order valence-corrected chi connectivity index (χ4v) is 4.06. The Kier molecular flexibility index (Phi) is 3.59. The second-order valence-electron chi connectivity index (χ2n) is 5.56. The first-order chi connectivity index (χ1) is 10.00. The predicted octanol–water partition coefficient (Wildman–Crippen LogP) is 3.45. The second-order valence-corrected chi connectivity index (χ2v) is 7.48. The summed E-state index contributed by atoms with van der Waals surface area (Å²) >= 11 is 0. The number of sulfone groups is 1. The molecule has 21 heavy (non-hydrogen) atoms. The van der Waals surface area contributed by atoms with Crippen LogP contribution in [0.15, 0.2) is 58.3 Å². The summed E-state index contributed by atoms with van der Waals surface area (Å²) in [5.74, 6) is 0.382. The number of hydrogen-bond donors (Lipinski definition) is 1. The Morgan fingerprint density at radius 2 is 1.67 bits per heavy atom. The Balaban J connectivity index is 2.04. The maximum absolute atomic E-state index is 12.8. The number of rotatable bonds is 4. The fraction of sp³-hybridized carbons (Fsp3) is 0.294. The van der Waals surface area contributed by atoms with Crippen LogP contribution in [-0.4, -0.2) is 13.5 Å². The topological polar surface area (TPSA) is 54.4 Å². The summed E-state index contributed by atoms with van der Waals surface area (Å²) in [6.07, 6.45) is 1.53. The SMILES string of the molecule is CC(O)c1ccc(S(=O)(=O)c2ccccc2C2CC2)cc1. The van der Waals surface area contributed by atoms with Gasteiger partial charge in [-0.3, -0.25) is 0 Å². The van der Waals surface area contributed by atoms with Crippen molar-refractivity contribution in [3.63, 3.8) is 0 Å². The molecule has 1 atom stereocenters. The van der Waals surface area contributed by atoms with Gasteiger partial charge < -0.3 is 5.11 Å². The molecule has 1 aliphatic carbocycles. The van der Waals surface area contributed by atoms with Gasteiger partial charge in [-0.1, -0.05) is 30.3 Å². The lowest BCUT2D eigenvalue weighted by molar-refractivity contribution is 0.199. The molecular weight excluding hydrogens is 284 g/mol. The van der Waals surface area contributed by atoms with E-state index in [1.807, 2.05) is 12.1 Å². The molecule has 0 aromatic heterocycles. The number of aliphatic hydroxyl groups is 1. The van der Waals surface area contributed by atoms with Crippen LogP contribution in [0.5, 0.6) is 0 Å². The fourth-order valence-electron chi connectivity index (χ4n) is 2.51. The van der Waals surface area contributed by atoms with Crippen LogP contribution in [0, 0.1) is 0 Å². The third-order valence-electron chi connectivity index (χ3n) is 3.90. The summed E-state index contributed by atoms with van der Waals surface area (Å²) in [5.41, 5.74) is 1.64. The molecule has 3 nitrogen and oxygen atoms in total.